The van der Waals surface area contributed by atoms with Gasteiger partial charge in [0.25, 0.3) is 0 Å². The number of rotatable bonds is 4. The van der Waals surface area contributed by atoms with Gasteiger partial charge in [-0.25, -0.2) is 0 Å². The highest BCUT2D eigenvalue weighted by atomic mass is 15.3. The van der Waals surface area contributed by atoms with Crippen LogP contribution in [0, 0.1) is 0 Å². The van der Waals surface area contributed by atoms with Gasteiger partial charge in [0.05, 0.1) is 0 Å². The summed E-state index contributed by atoms with van der Waals surface area (Å²) in [6.07, 6.45) is 5.36. The van der Waals surface area contributed by atoms with Crippen molar-refractivity contribution >= 4 is 0 Å². The lowest BCUT2D eigenvalue weighted by atomic mass is 9.71. The number of aromatic nitrogens is 2. The van der Waals surface area contributed by atoms with E-state index in [0.29, 0.717) is 11.5 Å². The van der Waals surface area contributed by atoms with Gasteiger partial charge in [-0.3, -0.25) is 4.68 Å². The fraction of sp³-hybridized carbons (Fsp3) is 0.500. The van der Waals surface area contributed by atoms with Gasteiger partial charge in [-0.15, -0.1) is 0 Å². The first-order valence-electron chi connectivity index (χ1n) is 7.87. The summed E-state index contributed by atoms with van der Waals surface area (Å²) in [6, 6.07) is 11.5. The predicted molar refractivity (Wildman–Crippen MR) is 86.4 cm³/mol. The Balaban J connectivity index is 1.68. The van der Waals surface area contributed by atoms with Gasteiger partial charge >= 0.3 is 0 Å². The molecule has 112 valence electrons. The van der Waals surface area contributed by atoms with Gasteiger partial charge in [-0.2, -0.15) is 5.10 Å². The monoisotopic (exact) mass is 283 g/mol. The van der Waals surface area contributed by atoms with Crippen molar-refractivity contribution in [2.75, 3.05) is 6.54 Å². The average molecular weight is 283 g/mol. The van der Waals surface area contributed by atoms with Gasteiger partial charge in [-0.1, -0.05) is 38.1 Å². The van der Waals surface area contributed by atoms with Crippen LogP contribution >= 0.6 is 0 Å². The standard InChI is InChI=1S/C18H25N3/c1-18(2)11-8-17(15-6-4-5-7-16(15)18)19-12-9-14-10-13-20-21(14)3/h4-7,10,13,17,19H,8-9,11-12H2,1-3H3. The minimum atomic E-state index is 0.302. The van der Waals surface area contributed by atoms with E-state index in [0.717, 1.165) is 13.0 Å². The fourth-order valence-electron chi connectivity index (χ4n) is 3.45. The SMILES string of the molecule is Cn1nccc1CCNC1CCC(C)(C)c2ccccc21. The number of aryl methyl sites for hydroxylation is 1. The van der Waals surface area contributed by atoms with Gasteiger partial charge in [0.2, 0.25) is 0 Å². The van der Waals surface area contributed by atoms with E-state index in [4.69, 9.17) is 0 Å². The predicted octanol–water partition coefficient (Wildman–Crippen LogP) is 3.36. The van der Waals surface area contributed by atoms with Crippen molar-refractivity contribution in [2.24, 2.45) is 7.05 Å². The number of benzene rings is 1. The Hall–Kier alpha value is -1.61. The molecule has 0 saturated heterocycles. The Bertz CT molecular complexity index is 612. The van der Waals surface area contributed by atoms with Gasteiger partial charge in [0.15, 0.2) is 0 Å². The highest BCUT2D eigenvalue weighted by Gasteiger charge is 2.31. The molecule has 2 aromatic rings. The molecule has 0 radical (unpaired) electrons. The Kier molecular flexibility index (Phi) is 3.85. The van der Waals surface area contributed by atoms with Crippen LogP contribution in [0.2, 0.25) is 0 Å². The summed E-state index contributed by atoms with van der Waals surface area (Å²) < 4.78 is 1.96. The molecule has 0 fully saturated rings. The number of nitrogens with zero attached hydrogens (tertiary/aromatic N) is 2. The summed E-state index contributed by atoms with van der Waals surface area (Å²) in [5.41, 5.74) is 4.58. The zero-order valence-corrected chi connectivity index (χ0v) is 13.3. The highest BCUT2D eigenvalue weighted by molar-refractivity contribution is 5.38. The smallest absolute Gasteiger partial charge is 0.0492 e. The summed E-state index contributed by atoms with van der Waals surface area (Å²) in [5, 5.41) is 7.97. The van der Waals surface area contributed by atoms with Crippen LogP contribution < -0.4 is 5.32 Å². The molecule has 0 spiro atoms. The molecule has 1 atom stereocenters. The molecule has 1 aliphatic carbocycles. The van der Waals surface area contributed by atoms with Crippen LogP contribution in [0.3, 0.4) is 0 Å². The van der Waals surface area contributed by atoms with Crippen LogP contribution in [0.4, 0.5) is 0 Å². The summed E-state index contributed by atoms with van der Waals surface area (Å²) in [5.74, 6) is 0. The zero-order valence-electron chi connectivity index (χ0n) is 13.3. The maximum atomic E-state index is 4.23. The lowest BCUT2D eigenvalue weighted by Gasteiger charge is -2.37. The molecule has 1 unspecified atom stereocenters. The molecule has 1 aromatic carbocycles. The molecule has 0 aliphatic heterocycles. The maximum Gasteiger partial charge on any atom is 0.0492 e. The summed E-state index contributed by atoms with van der Waals surface area (Å²) in [6.45, 7) is 5.72. The first-order valence-corrected chi connectivity index (χ1v) is 7.87. The van der Waals surface area contributed by atoms with Gasteiger partial charge in [0.1, 0.15) is 0 Å². The van der Waals surface area contributed by atoms with Crippen molar-refractivity contribution < 1.29 is 0 Å². The van der Waals surface area contributed by atoms with Crippen LogP contribution in [0.15, 0.2) is 36.5 Å². The van der Waals surface area contributed by atoms with E-state index >= 15 is 0 Å². The summed E-state index contributed by atoms with van der Waals surface area (Å²) >= 11 is 0. The molecular formula is C18H25N3. The quantitative estimate of drug-likeness (QED) is 0.932. The number of fused-ring (bicyclic) bond motifs is 1. The second-order valence-electron chi connectivity index (χ2n) is 6.71. The second kappa shape index (κ2) is 5.64. The van der Waals surface area contributed by atoms with Gasteiger partial charge in [0, 0.05) is 37.9 Å². The van der Waals surface area contributed by atoms with E-state index in [1.165, 1.54) is 29.7 Å². The van der Waals surface area contributed by atoms with Gasteiger partial charge < -0.3 is 5.32 Å². The third-order valence-electron chi connectivity index (χ3n) is 4.82. The summed E-state index contributed by atoms with van der Waals surface area (Å²) in [7, 11) is 2.01. The van der Waals surface area contributed by atoms with Crippen LogP contribution in [0.25, 0.3) is 0 Å². The van der Waals surface area contributed by atoms with E-state index in [9.17, 15) is 0 Å². The van der Waals surface area contributed by atoms with E-state index < -0.39 is 0 Å². The number of nitrogens with one attached hydrogen (secondary N) is 1. The van der Waals surface area contributed by atoms with Crippen molar-refractivity contribution in [1.82, 2.24) is 15.1 Å². The van der Waals surface area contributed by atoms with Crippen molar-refractivity contribution in [1.29, 1.82) is 0 Å². The van der Waals surface area contributed by atoms with Crippen molar-refractivity contribution in [3.05, 3.63) is 53.3 Å². The average Bonchev–Trinajstić information content (AvgIpc) is 2.87. The Morgan fingerprint density at radius 3 is 2.86 bits per heavy atom. The third-order valence-corrected chi connectivity index (χ3v) is 4.82. The minimum Gasteiger partial charge on any atom is -0.310 e. The zero-order chi connectivity index (χ0) is 14.9. The first kappa shape index (κ1) is 14.3. The van der Waals surface area contributed by atoms with E-state index in [-0.39, 0.29) is 0 Å². The van der Waals surface area contributed by atoms with E-state index in [2.05, 4.69) is 54.6 Å². The Morgan fingerprint density at radius 1 is 1.29 bits per heavy atom. The minimum absolute atomic E-state index is 0.302. The lowest BCUT2D eigenvalue weighted by Crippen LogP contribution is -2.33. The molecule has 21 heavy (non-hydrogen) atoms. The number of hydrogen-bond donors (Lipinski definition) is 1. The molecule has 1 aliphatic rings. The van der Waals surface area contributed by atoms with Crippen molar-refractivity contribution in [3.8, 4) is 0 Å². The molecule has 0 amide bonds. The molecule has 3 rings (SSSR count). The second-order valence-corrected chi connectivity index (χ2v) is 6.71. The molecule has 1 aromatic heterocycles. The van der Waals surface area contributed by atoms with Gasteiger partial charge in [-0.05, 0) is 35.4 Å². The highest BCUT2D eigenvalue weighted by Crippen LogP contribution is 2.41. The topological polar surface area (TPSA) is 29.9 Å². The molecule has 0 saturated carbocycles. The fourth-order valence-corrected chi connectivity index (χ4v) is 3.45. The normalized spacial score (nSPS) is 20.2. The molecule has 3 nitrogen and oxygen atoms in total. The largest absolute Gasteiger partial charge is 0.310 e. The van der Waals surface area contributed by atoms with Crippen molar-refractivity contribution in [3.63, 3.8) is 0 Å². The molecular weight excluding hydrogens is 258 g/mol. The summed E-state index contributed by atoms with van der Waals surface area (Å²) in [4.78, 5) is 0. The van der Waals surface area contributed by atoms with Crippen LogP contribution in [0.5, 0.6) is 0 Å². The van der Waals surface area contributed by atoms with Crippen LogP contribution in [0.1, 0.15) is 49.6 Å². The first-order chi connectivity index (χ1) is 10.1. The van der Waals surface area contributed by atoms with Crippen LogP contribution in [-0.4, -0.2) is 16.3 Å². The molecule has 3 heteroatoms. The molecule has 0 bridgehead atoms. The Morgan fingerprint density at radius 2 is 2.10 bits per heavy atom. The lowest BCUT2D eigenvalue weighted by molar-refractivity contribution is 0.359. The van der Waals surface area contributed by atoms with Crippen molar-refractivity contribution in [2.45, 2.75) is 44.6 Å². The van der Waals surface area contributed by atoms with E-state index in [1.807, 2.05) is 17.9 Å². The molecule has 1 N–H and O–H groups in total. The maximum absolute atomic E-state index is 4.23. The molecule has 1 heterocycles. The Labute approximate surface area is 127 Å². The number of hydrogen-bond acceptors (Lipinski definition) is 2. The van der Waals surface area contributed by atoms with Crippen LogP contribution in [-0.2, 0) is 18.9 Å². The van der Waals surface area contributed by atoms with E-state index in [1.54, 1.807) is 0 Å². The third kappa shape index (κ3) is 2.88.